The lowest BCUT2D eigenvalue weighted by Crippen LogP contribution is -2.41. The fourth-order valence-electron chi connectivity index (χ4n) is 2.20. The van der Waals surface area contributed by atoms with Gasteiger partial charge in [0.05, 0.1) is 29.2 Å². The van der Waals surface area contributed by atoms with Crippen molar-refractivity contribution in [2.45, 2.75) is 52.7 Å². The van der Waals surface area contributed by atoms with Gasteiger partial charge in [-0.2, -0.15) is 0 Å². The zero-order valence-electron chi connectivity index (χ0n) is 14.4. The molecule has 1 aliphatic heterocycles. The second-order valence-electron chi connectivity index (χ2n) is 7.28. The standard InChI is InChI=1S/C16H27BN2O3/c1-10(2)9-20-14-11(7-8-12(18)13(14)19)17-21-15(3,4)16(5,6)22-17/h7-8,10H,9,18-19H2,1-6H3. The largest absolute Gasteiger partial charge is 0.498 e. The summed E-state index contributed by atoms with van der Waals surface area (Å²) in [5, 5.41) is 0. The Kier molecular flexibility index (Phi) is 4.37. The van der Waals surface area contributed by atoms with Crippen LogP contribution < -0.4 is 21.7 Å². The van der Waals surface area contributed by atoms with E-state index in [2.05, 4.69) is 13.8 Å². The molecular weight excluding hydrogens is 279 g/mol. The van der Waals surface area contributed by atoms with E-state index < -0.39 is 18.3 Å². The smallest absolute Gasteiger partial charge is 0.491 e. The maximum atomic E-state index is 6.11. The summed E-state index contributed by atoms with van der Waals surface area (Å²) in [6.07, 6.45) is 0. The molecule has 122 valence electrons. The molecular formula is C16H27BN2O3. The highest BCUT2D eigenvalue weighted by Crippen LogP contribution is 2.38. The van der Waals surface area contributed by atoms with Gasteiger partial charge in [0.1, 0.15) is 5.75 Å². The Bertz CT molecular complexity index is 543. The molecule has 1 fully saturated rings. The predicted molar refractivity (Wildman–Crippen MR) is 91.3 cm³/mol. The number of nitrogen functional groups attached to an aromatic ring is 2. The van der Waals surface area contributed by atoms with Gasteiger partial charge in [-0.25, -0.2) is 0 Å². The van der Waals surface area contributed by atoms with Crippen molar-refractivity contribution >= 4 is 24.0 Å². The Labute approximate surface area is 133 Å². The van der Waals surface area contributed by atoms with E-state index in [9.17, 15) is 0 Å². The summed E-state index contributed by atoms with van der Waals surface area (Å²) < 4.78 is 18.1. The molecule has 0 aliphatic carbocycles. The average molecular weight is 306 g/mol. The number of hydrogen-bond donors (Lipinski definition) is 2. The van der Waals surface area contributed by atoms with Gasteiger partial charge < -0.3 is 25.5 Å². The molecule has 0 atom stereocenters. The van der Waals surface area contributed by atoms with Gasteiger partial charge in [0.2, 0.25) is 0 Å². The van der Waals surface area contributed by atoms with E-state index in [0.29, 0.717) is 29.6 Å². The lowest BCUT2D eigenvalue weighted by atomic mass is 9.77. The minimum Gasteiger partial charge on any atom is -0.491 e. The fraction of sp³-hybridized carbons (Fsp3) is 0.625. The summed E-state index contributed by atoms with van der Waals surface area (Å²) in [4.78, 5) is 0. The van der Waals surface area contributed by atoms with Gasteiger partial charge in [-0.05, 0) is 39.7 Å². The Balaban J connectivity index is 2.37. The van der Waals surface area contributed by atoms with Crippen LogP contribution in [0.4, 0.5) is 11.4 Å². The molecule has 0 unspecified atom stereocenters. The summed E-state index contributed by atoms with van der Waals surface area (Å²) in [6.45, 7) is 12.8. The van der Waals surface area contributed by atoms with Crippen LogP contribution in [0.1, 0.15) is 41.5 Å². The lowest BCUT2D eigenvalue weighted by molar-refractivity contribution is 0.00578. The highest BCUT2D eigenvalue weighted by molar-refractivity contribution is 6.63. The van der Waals surface area contributed by atoms with Crippen molar-refractivity contribution in [2.75, 3.05) is 18.1 Å². The summed E-state index contributed by atoms with van der Waals surface area (Å²) in [5.41, 5.74) is 12.9. The van der Waals surface area contributed by atoms with Gasteiger partial charge in [0.15, 0.2) is 0 Å². The van der Waals surface area contributed by atoms with E-state index in [4.69, 9.17) is 25.5 Å². The molecule has 1 heterocycles. The Morgan fingerprint density at radius 1 is 1.09 bits per heavy atom. The number of rotatable bonds is 4. The highest BCUT2D eigenvalue weighted by atomic mass is 16.7. The first-order valence-corrected chi connectivity index (χ1v) is 7.71. The zero-order valence-corrected chi connectivity index (χ0v) is 14.4. The number of nitrogens with two attached hydrogens (primary N) is 2. The molecule has 1 aliphatic rings. The van der Waals surface area contributed by atoms with Crippen LogP contribution in [0.5, 0.6) is 5.75 Å². The number of hydrogen-bond acceptors (Lipinski definition) is 5. The third-order valence-electron chi connectivity index (χ3n) is 4.33. The van der Waals surface area contributed by atoms with E-state index in [0.717, 1.165) is 5.46 Å². The minimum atomic E-state index is -0.518. The molecule has 0 aromatic heterocycles. The van der Waals surface area contributed by atoms with Gasteiger partial charge in [0.25, 0.3) is 0 Å². The third-order valence-corrected chi connectivity index (χ3v) is 4.33. The second kappa shape index (κ2) is 5.67. The van der Waals surface area contributed by atoms with Crippen LogP contribution in [0.3, 0.4) is 0 Å². The van der Waals surface area contributed by atoms with E-state index in [1.807, 2.05) is 33.8 Å². The summed E-state index contributed by atoms with van der Waals surface area (Å²) in [5.74, 6) is 0.944. The monoisotopic (exact) mass is 306 g/mol. The third kappa shape index (κ3) is 3.03. The normalized spacial score (nSPS) is 19.7. The van der Waals surface area contributed by atoms with Crippen LogP contribution in [0.2, 0.25) is 0 Å². The van der Waals surface area contributed by atoms with Crippen molar-refractivity contribution in [3.63, 3.8) is 0 Å². The molecule has 0 spiro atoms. The van der Waals surface area contributed by atoms with Crippen molar-refractivity contribution in [1.29, 1.82) is 0 Å². The molecule has 0 amide bonds. The molecule has 1 aromatic rings. The van der Waals surface area contributed by atoms with Crippen LogP contribution in [0.25, 0.3) is 0 Å². The fourth-order valence-corrected chi connectivity index (χ4v) is 2.20. The Hall–Kier alpha value is -1.40. The van der Waals surface area contributed by atoms with Crippen LogP contribution >= 0.6 is 0 Å². The van der Waals surface area contributed by atoms with Crippen molar-refractivity contribution in [1.82, 2.24) is 0 Å². The van der Waals surface area contributed by atoms with Crippen molar-refractivity contribution in [3.8, 4) is 5.75 Å². The van der Waals surface area contributed by atoms with Gasteiger partial charge in [-0.3, -0.25) is 0 Å². The zero-order chi connectivity index (χ0) is 16.7. The Morgan fingerprint density at radius 2 is 1.64 bits per heavy atom. The summed E-state index contributed by atoms with van der Waals surface area (Å²) in [6, 6.07) is 3.63. The first-order valence-electron chi connectivity index (χ1n) is 7.71. The minimum absolute atomic E-state index is 0.381. The molecule has 6 heteroatoms. The van der Waals surface area contributed by atoms with Gasteiger partial charge in [0, 0.05) is 5.46 Å². The molecule has 5 nitrogen and oxygen atoms in total. The molecule has 1 saturated heterocycles. The van der Waals surface area contributed by atoms with Gasteiger partial charge >= 0.3 is 7.12 Å². The SMILES string of the molecule is CC(C)COc1c(B2OC(C)(C)C(C)(C)O2)ccc(N)c1N. The van der Waals surface area contributed by atoms with Crippen molar-refractivity contribution < 1.29 is 14.0 Å². The highest BCUT2D eigenvalue weighted by Gasteiger charge is 2.52. The summed E-state index contributed by atoms with van der Waals surface area (Å²) >= 11 is 0. The Morgan fingerprint density at radius 3 is 2.14 bits per heavy atom. The number of benzene rings is 1. The first-order chi connectivity index (χ1) is 10.0. The van der Waals surface area contributed by atoms with E-state index in [1.165, 1.54) is 0 Å². The molecule has 4 N–H and O–H groups in total. The quantitative estimate of drug-likeness (QED) is 0.658. The molecule has 0 saturated carbocycles. The van der Waals surface area contributed by atoms with E-state index in [1.54, 1.807) is 6.07 Å². The number of ether oxygens (including phenoxy) is 1. The second-order valence-corrected chi connectivity index (χ2v) is 7.28. The van der Waals surface area contributed by atoms with Crippen LogP contribution in [-0.4, -0.2) is 24.9 Å². The summed E-state index contributed by atoms with van der Waals surface area (Å²) in [7, 11) is -0.518. The average Bonchev–Trinajstić information content (AvgIpc) is 2.59. The molecule has 2 rings (SSSR count). The molecule has 0 bridgehead atoms. The van der Waals surface area contributed by atoms with Gasteiger partial charge in [-0.1, -0.05) is 19.9 Å². The lowest BCUT2D eigenvalue weighted by Gasteiger charge is -2.32. The molecule has 0 radical (unpaired) electrons. The van der Waals surface area contributed by atoms with Crippen LogP contribution in [0.15, 0.2) is 12.1 Å². The van der Waals surface area contributed by atoms with Gasteiger partial charge in [-0.15, -0.1) is 0 Å². The van der Waals surface area contributed by atoms with Crippen LogP contribution in [0, 0.1) is 5.92 Å². The first kappa shape index (κ1) is 17.0. The van der Waals surface area contributed by atoms with E-state index in [-0.39, 0.29) is 0 Å². The topological polar surface area (TPSA) is 79.7 Å². The van der Waals surface area contributed by atoms with Crippen molar-refractivity contribution in [3.05, 3.63) is 12.1 Å². The van der Waals surface area contributed by atoms with Crippen molar-refractivity contribution in [2.24, 2.45) is 5.92 Å². The number of anilines is 2. The maximum absolute atomic E-state index is 6.11. The molecule has 1 aromatic carbocycles. The predicted octanol–water partition coefficient (Wildman–Crippen LogP) is 2.19. The van der Waals surface area contributed by atoms with Crippen LogP contribution in [-0.2, 0) is 9.31 Å². The maximum Gasteiger partial charge on any atom is 0.498 e. The molecule has 22 heavy (non-hydrogen) atoms. The van der Waals surface area contributed by atoms with E-state index >= 15 is 0 Å².